The third-order valence-corrected chi connectivity index (χ3v) is 3.73. The number of unbranched alkanes of at least 4 members (excludes halogenated alkanes) is 1. The van der Waals surface area contributed by atoms with E-state index in [0.29, 0.717) is 19.3 Å². The van der Waals surface area contributed by atoms with Gasteiger partial charge in [0.15, 0.2) is 0 Å². The highest BCUT2D eigenvalue weighted by molar-refractivity contribution is 5.77. The van der Waals surface area contributed by atoms with Gasteiger partial charge in [0.1, 0.15) is 5.82 Å². The Kier molecular flexibility index (Phi) is 5.73. The number of carboxylic acid groups (broad SMARTS) is 1. The standard InChI is InChI=1S/C17H23N3O3/c1-11(2)16(20-14(21)9-5-6-10-15(22)23)17-18-12-7-3-4-8-13(12)19-17/h3-4,7-8,11,16H,5-6,9-10H2,1-2H3,(H,18,19)(H,20,21)(H,22,23). The molecule has 0 fully saturated rings. The highest BCUT2D eigenvalue weighted by Crippen LogP contribution is 2.22. The lowest BCUT2D eigenvalue weighted by Gasteiger charge is -2.20. The summed E-state index contributed by atoms with van der Waals surface area (Å²) in [6.45, 7) is 4.06. The predicted molar refractivity (Wildman–Crippen MR) is 87.9 cm³/mol. The van der Waals surface area contributed by atoms with Crippen molar-refractivity contribution in [3.05, 3.63) is 30.1 Å². The number of nitrogens with zero attached hydrogens (tertiary/aromatic N) is 1. The number of aromatic amines is 1. The number of hydrogen-bond donors (Lipinski definition) is 3. The van der Waals surface area contributed by atoms with Crippen LogP contribution in [0.5, 0.6) is 0 Å². The molecule has 0 saturated heterocycles. The fourth-order valence-corrected chi connectivity index (χ4v) is 2.48. The number of rotatable bonds is 8. The van der Waals surface area contributed by atoms with Crippen LogP contribution < -0.4 is 5.32 Å². The summed E-state index contributed by atoms with van der Waals surface area (Å²) in [6, 6.07) is 7.57. The minimum atomic E-state index is -0.826. The van der Waals surface area contributed by atoms with Gasteiger partial charge in [-0.3, -0.25) is 9.59 Å². The molecule has 1 heterocycles. The molecule has 2 rings (SSSR count). The molecule has 0 bridgehead atoms. The second-order valence-electron chi connectivity index (χ2n) is 6.03. The molecular formula is C17H23N3O3. The van der Waals surface area contributed by atoms with Gasteiger partial charge in [-0.15, -0.1) is 0 Å². The Morgan fingerprint density at radius 3 is 2.57 bits per heavy atom. The van der Waals surface area contributed by atoms with E-state index in [0.717, 1.165) is 16.9 Å². The van der Waals surface area contributed by atoms with E-state index < -0.39 is 5.97 Å². The van der Waals surface area contributed by atoms with E-state index >= 15 is 0 Å². The van der Waals surface area contributed by atoms with Crippen molar-refractivity contribution in [1.29, 1.82) is 0 Å². The number of H-pyrrole nitrogens is 1. The average molecular weight is 317 g/mol. The van der Waals surface area contributed by atoms with Crippen LogP contribution in [0.4, 0.5) is 0 Å². The van der Waals surface area contributed by atoms with Crippen LogP contribution in [-0.4, -0.2) is 27.0 Å². The summed E-state index contributed by atoms with van der Waals surface area (Å²) < 4.78 is 0. The monoisotopic (exact) mass is 317 g/mol. The summed E-state index contributed by atoms with van der Waals surface area (Å²) in [5.74, 6) is 0.0425. The molecule has 0 aliphatic carbocycles. The summed E-state index contributed by atoms with van der Waals surface area (Å²) >= 11 is 0. The molecule has 6 heteroatoms. The van der Waals surface area contributed by atoms with E-state index in [4.69, 9.17) is 5.11 Å². The van der Waals surface area contributed by atoms with Gasteiger partial charge < -0.3 is 15.4 Å². The summed E-state index contributed by atoms with van der Waals surface area (Å²) in [4.78, 5) is 30.4. The fourth-order valence-electron chi connectivity index (χ4n) is 2.48. The summed E-state index contributed by atoms with van der Waals surface area (Å²) in [6.07, 6.45) is 1.52. The normalized spacial score (nSPS) is 12.5. The zero-order valence-electron chi connectivity index (χ0n) is 13.5. The lowest BCUT2D eigenvalue weighted by atomic mass is 10.0. The van der Waals surface area contributed by atoms with Crippen LogP contribution >= 0.6 is 0 Å². The van der Waals surface area contributed by atoms with Crippen molar-refractivity contribution in [3.63, 3.8) is 0 Å². The zero-order chi connectivity index (χ0) is 16.8. The van der Waals surface area contributed by atoms with Gasteiger partial charge in [-0.25, -0.2) is 4.98 Å². The molecule has 0 saturated carbocycles. The number of aromatic nitrogens is 2. The van der Waals surface area contributed by atoms with E-state index in [-0.39, 0.29) is 24.3 Å². The molecule has 6 nitrogen and oxygen atoms in total. The number of para-hydroxylation sites is 2. The van der Waals surface area contributed by atoms with Gasteiger partial charge in [0, 0.05) is 12.8 Å². The molecule has 0 spiro atoms. The Balaban J connectivity index is 1.98. The summed E-state index contributed by atoms with van der Waals surface area (Å²) in [5.41, 5.74) is 1.83. The van der Waals surface area contributed by atoms with Crippen LogP contribution in [0.15, 0.2) is 24.3 Å². The van der Waals surface area contributed by atoms with E-state index in [2.05, 4.69) is 15.3 Å². The van der Waals surface area contributed by atoms with E-state index in [1.54, 1.807) is 0 Å². The number of amides is 1. The minimum Gasteiger partial charge on any atom is -0.481 e. The van der Waals surface area contributed by atoms with E-state index in [1.165, 1.54) is 0 Å². The van der Waals surface area contributed by atoms with Crippen molar-refractivity contribution in [2.75, 3.05) is 0 Å². The first-order valence-corrected chi connectivity index (χ1v) is 7.93. The highest BCUT2D eigenvalue weighted by Gasteiger charge is 2.21. The van der Waals surface area contributed by atoms with Gasteiger partial charge in [0.05, 0.1) is 17.1 Å². The molecule has 0 aliphatic rings. The zero-order valence-corrected chi connectivity index (χ0v) is 13.5. The van der Waals surface area contributed by atoms with Crippen LogP contribution in [-0.2, 0) is 9.59 Å². The van der Waals surface area contributed by atoms with Gasteiger partial charge in [0.25, 0.3) is 0 Å². The number of carbonyl (C=O) groups is 2. The maximum atomic E-state index is 12.1. The van der Waals surface area contributed by atoms with Crippen LogP contribution in [0.3, 0.4) is 0 Å². The summed E-state index contributed by atoms with van der Waals surface area (Å²) in [7, 11) is 0. The molecule has 23 heavy (non-hydrogen) atoms. The SMILES string of the molecule is CC(C)C(NC(=O)CCCCC(=O)O)c1nc2ccccc2[nH]1. The van der Waals surface area contributed by atoms with Gasteiger partial charge >= 0.3 is 5.97 Å². The Morgan fingerprint density at radius 2 is 1.91 bits per heavy atom. The van der Waals surface area contributed by atoms with Crippen LogP contribution in [0.2, 0.25) is 0 Å². The Morgan fingerprint density at radius 1 is 1.22 bits per heavy atom. The number of carbonyl (C=O) groups excluding carboxylic acids is 1. The third kappa shape index (κ3) is 4.81. The quantitative estimate of drug-likeness (QED) is 0.652. The first-order valence-electron chi connectivity index (χ1n) is 7.93. The second-order valence-corrected chi connectivity index (χ2v) is 6.03. The first-order chi connectivity index (χ1) is 11.0. The largest absolute Gasteiger partial charge is 0.481 e. The molecule has 1 unspecified atom stereocenters. The van der Waals surface area contributed by atoms with Crippen molar-refractivity contribution in [1.82, 2.24) is 15.3 Å². The van der Waals surface area contributed by atoms with E-state index in [9.17, 15) is 9.59 Å². The minimum absolute atomic E-state index is 0.0745. The molecule has 124 valence electrons. The maximum Gasteiger partial charge on any atom is 0.303 e. The Hall–Kier alpha value is -2.37. The van der Waals surface area contributed by atoms with Crippen molar-refractivity contribution >= 4 is 22.9 Å². The molecule has 1 aromatic heterocycles. The predicted octanol–water partition coefficient (Wildman–Crippen LogP) is 3.02. The number of hydrogen-bond acceptors (Lipinski definition) is 3. The number of fused-ring (bicyclic) bond motifs is 1. The molecular weight excluding hydrogens is 294 g/mol. The summed E-state index contributed by atoms with van der Waals surface area (Å²) in [5, 5.41) is 11.6. The van der Waals surface area contributed by atoms with Crippen LogP contribution in [0, 0.1) is 5.92 Å². The maximum absolute atomic E-state index is 12.1. The molecule has 1 atom stereocenters. The Bertz CT molecular complexity index is 646. The van der Waals surface area contributed by atoms with E-state index in [1.807, 2.05) is 38.1 Å². The van der Waals surface area contributed by atoms with Gasteiger partial charge in [-0.2, -0.15) is 0 Å². The lowest BCUT2D eigenvalue weighted by Crippen LogP contribution is -2.32. The third-order valence-electron chi connectivity index (χ3n) is 3.73. The number of imidazole rings is 1. The van der Waals surface area contributed by atoms with Crippen molar-refractivity contribution in [2.24, 2.45) is 5.92 Å². The number of benzene rings is 1. The molecule has 3 N–H and O–H groups in total. The topological polar surface area (TPSA) is 95.1 Å². The van der Waals surface area contributed by atoms with Crippen LogP contribution in [0.1, 0.15) is 51.4 Å². The molecule has 0 radical (unpaired) electrons. The molecule has 2 aromatic rings. The number of aliphatic carboxylic acids is 1. The number of nitrogens with one attached hydrogen (secondary N) is 2. The molecule has 1 amide bonds. The number of carboxylic acids is 1. The van der Waals surface area contributed by atoms with Crippen molar-refractivity contribution < 1.29 is 14.7 Å². The smallest absolute Gasteiger partial charge is 0.303 e. The van der Waals surface area contributed by atoms with Crippen molar-refractivity contribution in [2.45, 2.75) is 45.6 Å². The lowest BCUT2D eigenvalue weighted by molar-refractivity contribution is -0.137. The van der Waals surface area contributed by atoms with Gasteiger partial charge in [-0.05, 0) is 30.9 Å². The molecule has 0 aliphatic heterocycles. The van der Waals surface area contributed by atoms with Crippen LogP contribution in [0.25, 0.3) is 11.0 Å². The second kappa shape index (κ2) is 7.76. The fraction of sp³-hybridized carbons (Fsp3) is 0.471. The van der Waals surface area contributed by atoms with Gasteiger partial charge in [0.2, 0.25) is 5.91 Å². The van der Waals surface area contributed by atoms with Crippen molar-refractivity contribution in [3.8, 4) is 0 Å². The highest BCUT2D eigenvalue weighted by atomic mass is 16.4. The van der Waals surface area contributed by atoms with Gasteiger partial charge in [-0.1, -0.05) is 26.0 Å². The Labute approximate surface area is 135 Å². The average Bonchev–Trinajstić information content (AvgIpc) is 2.92. The molecule has 1 aromatic carbocycles. The first kappa shape index (κ1) is 17.0.